The molecule has 3 heteroatoms. The second kappa shape index (κ2) is 5.21. The molecule has 1 aliphatic rings. The van der Waals surface area contributed by atoms with Crippen LogP contribution in [0.5, 0.6) is 0 Å². The molecule has 102 valence electrons. The van der Waals surface area contributed by atoms with Crippen molar-refractivity contribution in [1.29, 1.82) is 5.26 Å². The quantitative estimate of drug-likeness (QED) is 0.862. The minimum atomic E-state index is -0.572. The molecule has 0 bridgehead atoms. The van der Waals surface area contributed by atoms with Crippen molar-refractivity contribution in [2.45, 2.75) is 45.6 Å². The standard InChI is InChI=1S/C16H21FN2/c1-11-7-14(17)9-15(8-11)19-16(10-18)6-4-5-12(2)13(16)3/h7-9,12-13,19H,4-6H2,1-3H3. The van der Waals surface area contributed by atoms with Crippen molar-refractivity contribution >= 4 is 5.69 Å². The lowest BCUT2D eigenvalue weighted by Gasteiger charge is -2.42. The van der Waals surface area contributed by atoms with Crippen LogP contribution in [-0.2, 0) is 0 Å². The molecule has 1 N–H and O–H groups in total. The van der Waals surface area contributed by atoms with Gasteiger partial charge in [0.2, 0.25) is 0 Å². The first-order valence-electron chi connectivity index (χ1n) is 6.93. The lowest BCUT2D eigenvalue weighted by Crippen LogP contribution is -2.48. The van der Waals surface area contributed by atoms with E-state index in [1.165, 1.54) is 12.1 Å². The molecular weight excluding hydrogens is 239 g/mol. The summed E-state index contributed by atoms with van der Waals surface area (Å²) in [7, 11) is 0. The molecule has 3 unspecified atom stereocenters. The third kappa shape index (κ3) is 2.73. The van der Waals surface area contributed by atoms with Crippen LogP contribution in [0.15, 0.2) is 18.2 Å². The number of benzene rings is 1. The van der Waals surface area contributed by atoms with E-state index >= 15 is 0 Å². The third-order valence-electron chi connectivity index (χ3n) is 4.47. The van der Waals surface area contributed by atoms with E-state index < -0.39 is 5.54 Å². The number of nitrogens with one attached hydrogen (secondary N) is 1. The van der Waals surface area contributed by atoms with E-state index in [4.69, 9.17) is 0 Å². The van der Waals surface area contributed by atoms with E-state index in [1.54, 1.807) is 0 Å². The van der Waals surface area contributed by atoms with Gasteiger partial charge in [0.1, 0.15) is 11.4 Å². The lowest BCUT2D eigenvalue weighted by atomic mass is 9.69. The molecule has 0 aromatic heterocycles. The fourth-order valence-electron chi connectivity index (χ4n) is 3.09. The molecule has 0 aliphatic heterocycles. The Balaban J connectivity index is 2.30. The van der Waals surface area contributed by atoms with Crippen molar-refractivity contribution in [3.63, 3.8) is 0 Å². The third-order valence-corrected chi connectivity index (χ3v) is 4.47. The number of hydrogen-bond acceptors (Lipinski definition) is 2. The Hall–Kier alpha value is -1.56. The van der Waals surface area contributed by atoms with Gasteiger partial charge in [-0.3, -0.25) is 0 Å². The summed E-state index contributed by atoms with van der Waals surface area (Å²) < 4.78 is 13.5. The van der Waals surface area contributed by atoms with Crippen LogP contribution < -0.4 is 5.32 Å². The average Bonchev–Trinajstić information content (AvgIpc) is 2.34. The molecule has 19 heavy (non-hydrogen) atoms. The Labute approximate surface area is 114 Å². The van der Waals surface area contributed by atoms with Gasteiger partial charge >= 0.3 is 0 Å². The highest BCUT2D eigenvalue weighted by Gasteiger charge is 2.41. The molecule has 2 rings (SSSR count). The molecule has 1 saturated carbocycles. The molecule has 0 spiro atoms. The van der Waals surface area contributed by atoms with E-state index in [0.29, 0.717) is 11.6 Å². The normalized spacial score (nSPS) is 30.7. The maximum atomic E-state index is 13.5. The molecule has 0 saturated heterocycles. The van der Waals surface area contributed by atoms with Gasteiger partial charge in [-0.2, -0.15) is 5.26 Å². The Morgan fingerprint density at radius 1 is 1.37 bits per heavy atom. The highest BCUT2D eigenvalue weighted by molar-refractivity contribution is 5.50. The van der Waals surface area contributed by atoms with Crippen LogP contribution >= 0.6 is 0 Å². The highest BCUT2D eigenvalue weighted by atomic mass is 19.1. The number of anilines is 1. The number of nitriles is 1. The van der Waals surface area contributed by atoms with Crippen LogP contribution in [-0.4, -0.2) is 5.54 Å². The minimum Gasteiger partial charge on any atom is -0.367 e. The summed E-state index contributed by atoms with van der Waals surface area (Å²) >= 11 is 0. The number of aryl methyl sites for hydroxylation is 1. The van der Waals surface area contributed by atoms with Crippen LogP contribution in [0.3, 0.4) is 0 Å². The second-order valence-corrected chi connectivity index (χ2v) is 5.88. The SMILES string of the molecule is Cc1cc(F)cc(NC2(C#N)CCCC(C)C2C)c1. The number of nitrogens with zero attached hydrogens (tertiary/aromatic N) is 1. The van der Waals surface area contributed by atoms with Crippen LogP contribution in [0.25, 0.3) is 0 Å². The fraction of sp³-hybridized carbons (Fsp3) is 0.562. The summed E-state index contributed by atoms with van der Waals surface area (Å²) in [6, 6.07) is 7.32. The molecule has 2 nitrogen and oxygen atoms in total. The minimum absolute atomic E-state index is 0.257. The Morgan fingerprint density at radius 3 is 2.74 bits per heavy atom. The molecule has 0 amide bonds. The van der Waals surface area contributed by atoms with E-state index in [1.807, 2.05) is 13.0 Å². The number of hydrogen-bond donors (Lipinski definition) is 1. The van der Waals surface area contributed by atoms with E-state index in [9.17, 15) is 9.65 Å². The Bertz CT molecular complexity index is 486. The second-order valence-electron chi connectivity index (χ2n) is 5.88. The molecule has 0 radical (unpaired) electrons. The topological polar surface area (TPSA) is 35.8 Å². The molecule has 0 heterocycles. The molecular formula is C16H21FN2. The van der Waals surface area contributed by atoms with E-state index in [2.05, 4.69) is 25.2 Å². The van der Waals surface area contributed by atoms with Gasteiger partial charge in [0, 0.05) is 5.69 Å². The van der Waals surface area contributed by atoms with E-state index in [-0.39, 0.29) is 11.7 Å². The fourth-order valence-corrected chi connectivity index (χ4v) is 3.09. The summed E-state index contributed by atoms with van der Waals surface area (Å²) in [6.45, 7) is 6.17. The predicted octanol–water partition coefficient (Wildman–Crippen LogP) is 4.26. The van der Waals surface area contributed by atoms with E-state index in [0.717, 1.165) is 24.8 Å². The molecule has 1 aromatic rings. The summed E-state index contributed by atoms with van der Waals surface area (Å²) in [4.78, 5) is 0. The smallest absolute Gasteiger partial charge is 0.128 e. The zero-order chi connectivity index (χ0) is 14.0. The van der Waals surface area contributed by atoms with Crippen molar-refractivity contribution in [1.82, 2.24) is 0 Å². The molecule has 3 atom stereocenters. The average molecular weight is 260 g/mol. The summed E-state index contributed by atoms with van der Waals surface area (Å²) in [5, 5.41) is 12.9. The number of rotatable bonds is 2. The van der Waals surface area contributed by atoms with Crippen molar-refractivity contribution < 1.29 is 4.39 Å². The van der Waals surface area contributed by atoms with Crippen molar-refractivity contribution in [3.05, 3.63) is 29.6 Å². The van der Waals surface area contributed by atoms with Crippen LogP contribution in [0.1, 0.15) is 38.7 Å². The molecule has 1 aliphatic carbocycles. The Morgan fingerprint density at radius 2 is 2.11 bits per heavy atom. The highest BCUT2D eigenvalue weighted by Crippen LogP contribution is 2.39. The predicted molar refractivity (Wildman–Crippen MR) is 75.3 cm³/mol. The maximum Gasteiger partial charge on any atom is 0.128 e. The van der Waals surface area contributed by atoms with Crippen molar-refractivity contribution in [2.75, 3.05) is 5.32 Å². The van der Waals surface area contributed by atoms with Crippen LogP contribution in [0, 0.1) is 35.9 Å². The van der Waals surface area contributed by atoms with Gasteiger partial charge in [-0.1, -0.05) is 20.3 Å². The first kappa shape index (κ1) is 13.9. The van der Waals surface area contributed by atoms with Gasteiger partial charge in [0.05, 0.1) is 6.07 Å². The van der Waals surface area contributed by atoms with Crippen LogP contribution in [0.2, 0.25) is 0 Å². The number of halogens is 1. The van der Waals surface area contributed by atoms with Crippen molar-refractivity contribution in [3.8, 4) is 6.07 Å². The van der Waals surface area contributed by atoms with Gasteiger partial charge in [-0.25, -0.2) is 4.39 Å². The molecule has 1 fully saturated rings. The van der Waals surface area contributed by atoms with Crippen LogP contribution in [0.4, 0.5) is 10.1 Å². The largest absolute Gasteiger partial charge is 0.367 e. The first-order valence-corrected chi connectivity index (χ1v) is 6.93. The maximum absolute atomic E-state index is 13.5. The van der Waals surface area contributed by atoms with Gasteiger partial charge in [0.25, 0.3) is 0 Å². The van der Waals surface area contributed by atoms with Gasteiger partial charge in [0.15, 0.2) is 0 Å². The summed E-state index contributed by atoms with van der Waals surface area (Å²) in [5.41, 5.74) is 1.00. The van der Waals surface area contributed by atoms with Crippen molar-refractivity contribution in [2.24, 2.45) is 11.8 Å². The van der Waals surface area contributed by atoms with Gasteiger partial charge in [-0.05, 0) is 55.4 Å². The summed E-state index contributed by atoms with van der Waals surface area (Å²) in [6.07, 6.45) is 3.03. The lowest BCUT2D eigenvalue weighted by molar-refractivity contribution is 0.206. The zero-order valence-corrected chi connectivity index (χ0v) is 11.8. The first-order chi connectivity index (χ1) is 8.97. The molecule has 1 aromatic carbocycles. The zero-order valence-electron chi connectivity index (χ0n) is 11.8. The monoisotopic (exact) mass is 260 g/mol. The summed E-state index contributed by atoms with van der Waals surface area (Å²) in [5.74, 6) is 0.512. The van der Waals surface area contributed by atoms with Gasteiger partial charge in [-0.15, -0.1) is 0 Å². The van der Waals surface area contributed by atoms with Gasteiger partial charge < -0.3 is 5.32 Å². The Kier molecular flexibility index (Phi) is 3.80.